The standard InChI is InChI=1S/C14H12ClFN2O/c15-11-5-6-13(12(16)7-11)18-14(19)10-3-1-9(8-17)2-4-10/h1-7H,8,17H2,(H,18,19). The first kappa shape index (κ1) is 13.5. The van der Waals surface area contributed by atoms with Crippen molar-refractivity contribution in [1.82, 2.24) is 0 Å². The fourth-order valence-corrected chi connectivity index (χ4v) is 1.74. The molecule has 0 aliphatic rings. The van der Waals surface area contributed by atoms with Crippen LogP contribution in [0.25, 0.3) is 0 Å². The van der Waals surface area contributed by atoms with Gasteiger partial charge >= 0.3 is 0 Å². The number of hydrogen-bond acceptors (Lipinski definition) is 2. The molecule has 2 aromatic rings. The van der Waals surface area contributed by atoms with Gasteiger partial charge in [0.1, 0.15) is 5.82 Å². The Labute approximate surface area is 115 Å². The molecule has 3 N–H and O–H groups in total. The van der Waals surface area contributed by atoms with E-state index in [-0.39, 0.29) is 16.6 Å². The topological polar surface area (TPSA) is 55.1 Å². The summed E-state index contributed by atoms with van der Waals surface area (Å²) in [7, 11) is 0. The lowest BCUT2D eigenvalue weighted by Gasteiger charge is -2.07. The minimum atomic E-state index is -0.570. The van der Waals surface area contributed by atoms with E-state index in [1.807, 2.05) is 0 Å². The maximum atomic E-state index is 13.5. The van der Waals surface area contributed by atoms with Crippen LogP contribution >= 0.6 is 11.6 Å². The first-order valence-electron chi connectivity index (χ1n) is 5.65. The van der Waals surface area contributed by atoms with Gasteiger partial charge in [-0.15, -0.1) is 0 Å². The van der Waals surface area contributed by atoms with Crippen molar-refractivity contribution in [1.29, 1.82) is 0 Å². The molecule has 2 aromatic carbocycles. The summed E-state index contributed by atoms with van der Waals surface area (Å²) < 4.78 is 13.5. The maximum Gasteiger partial charge on any atom is 0.255 e. The Balaban J connectivity index is 2.15. The summed E-state index contributed by atoms with van der Waals surface area (Å²) in [5.74, 6) is -0.954. The number of benzene rings is 2. The predicted molar refractivity (Wildman–Crippen MR) is 73.7 cm³/mol. The molecule has 0 fully saturated rings. The molecule has 0 bridgehead atoms. The summed E-state index contributed by atoms with van der Waals surface area (Å²) in [6, 6.07) is 10.9. The first-order chi connectivity index (χ1) is 9.10. The van der Waals surface area contributed by atoms with Gasteiger partial charge < -0.3 is 11.1 Å². The van der Waals surface area contributed by atoms with Gasteiger partial charge in [0.2, 0.25) is 0 Å². The number of rotatable bonds is 3. The minimum absolute atomic E-state index is 0.0947. The molecule has 0 saturated heterocycles. The van der Waals surface area contributed by atoms with Crippen molar-refractivity contribution in [3.63, 3.8) is 0 Å². The Kier molecular flexibility index (Phi) is 4.14. The lowest BCUT2D eigenvalue weighted by atomic mass is 10.1. The van der Waals surface area contributed by atoms with Crippen molar-refractivity contribution in [2.45, 2.75) is 6.54 Å². The summed E-state index contributed by atoms with van der Waals surface area (Å²) in [5.41, 5.74) is 6.93. The first-order valence-corrected chi connectivity index (χ1v) is 6.03. The highest BCUT2D eigenvalue weighted by Gasteiger charge is 2.09. The summed E-state index contributed by atoms with van der Waals surface area (Å²) >= 11 is 5.64. The number of hydrogen-bond donors (Lipinski definition) is 2. The fraction of sp³-hybridized carbons (Fsp3) is 0.0714. The van der Waals surface area contributed by atoms with Crippen LogP contribution < -0.4 is 11.1 Å². The second kappa shape index (κ2) is 5.82. The number of amides is 1. The van der Waals surface area contributed by atoms with E-state index in [1.54, 1.807) is 24.3 Å². The Morgan fingerprint density at radius 2 is 1.89 bits per heavy atom. The molecule has 0 aliphatic carbocycles. The predicted octanol–water partition coefficient (Wildman–Crippen LogP) is 3.19. The molecule has 0 aromatic heterocycles. The van der Waals surface area contributed by atoms with Gasteiger partial charge in [-0.25, -0.2) is 4.39 Å². The maximum absolute atomic E-state index is 13.5. The number of carbonyl (C=O) groups is 1. The van der Waals surface area contributed by atoms with Crippen molar-refractivity contribution in [3.8, 4) is 0 Å². The molecule has 0 saturated carbocycles. The SMILES string of the molecule is NCc1ccc(C(=O)Nc2ccc(Cl)cc2F)cc1. The van der Waals surface area contributed by atoms with E-state index < -0.39 is 5.82 Å². The highest BCUT2D eigenvalue weighted by atomic mass is 35.5. The molecule has 0 atom stereocenters. The molecule has 98 valence electrons. The van der Waals surface area contributed by atoms with Crippen LogP contribution in [0.5, 0.6) is 0 Å². The Morgan fingerprint density at radius 1 is 1.21 bits per heavy atom. The summed E-state index contributed by atoms with van der Waals surface area (Å²) in [5, 5.41) is 2.77. The summed E-state index contributed by atoms with van der Waals surface area (Å²) in [6.45, 7) is 0.410. The van der Waals surface area contributed by atoms with Crippen molar-refractivity contribution >= 4 is 23.2 Å². The largest absolute Gasteiger partial charge is 0.326 e. The quantitative estimate of drug-likeness (QED) is 0.906. The third-order valence-electron chi connectivity index (χ3n) is 2.63. The molecule has 0 unspecified atom stereocenters. The van der Waals surface area contributed by atoms with Gasteiger partial charge in [0, 0.05) is 17.1 Å². The van der Waals surface area contributed by atoms with Gasteiger partial charge in [-0.1, -0.05) is 23.7 Å². The number of carbonyl (C=O) groups excluding carboxylic acids is 1. The molecule has 19 heavy (non-hydrogen) atoms. The molecule has 3 nitrogen and oxygen atoms in total. The van der Waals surface area contributed by atoms with Crippen LogP contribution in [-0.4, -0.2) is 5.91 Å². The van der Waals surface area contributed by atoms with Gasteiger partial charge in [0.25, 0.3) is 5.91 Å². The highest BCUT2D eigenvalue weighted by molar-refractivity contribution is 6.30. The average Bonchev–Trinajstić information content (AvgIpc) is 2.42. The van der Waals surface area contributed by atoms with Crippen LogP contribution in [0.15, 0.2) is 42.5 Å². The number of anilines is 1. The summed E-state index contributed by atoms with van der Waals surface area (Å²) in [6.07, 6.45) is 0. The smallest absolute Gasteiger partial charge is 0.255 e. The van der Waals surface area contributed by atoms with Gasteiger partial charge in [0.05, 0.1) is 5.69 Å². The van der Waals surface area contributed by atoms with E-state index in [0.717, 1.165) is 11.6 Å². The molecule has 0 spiro atoms. The third kappa shape index (κ3) is 3.30. The van der Waals surface area contributed by atoms with E-state index in [0.29, 0.717) is 12.1 Å². The van der Waals surface area contributed by atoms with E-state index in [1.165, 1.54) is 12.1 Å². The van der Waals surface area contributed by atoms with Gasteiger partial charge in [-0.3, -0.25) is 4.79 Å². The van der Waals surface area contributed by atoms with Crippen molar-refractivity contribution in [2.24, 2.45) is 5.73 Å². The van der Waals surface area contributed by atoms with Gasteiger partial charge in [0.15, 0.2) is 0 Å². The van der Waals surface area contributed by atoms with Crippen LogP contribution in [0.3, 0.4) is 0 Å². The van der Waals surface area contributed by atoms with Crippen molar-refractivity contribution in [3.05, 3.63) is 64.4 Å². The Bertz CT molecular complexity index is 599. The van der Waals surface area contributed by atoms with Crippen molar-refractivity contribution in [2.75, 3.05) is 5.32 Å². The molecule has 0 radical (unpaired) electrons. The third-order valence-corrected chi connectivity index (χ3v) is 2.87. The Morgan fingerprint density at radius 3 is 2.47 bits per heavy atom. The van der Waals surface area contributed by atoms with E-state index in [2.05, 4.69) is 5.32 Å². The second-order valence-corrected chi connectivity index (χ2v) is 4.42. The monoisotopic (exact) mass is 278 g/mol. The summed E-state index contributed by atoms with van der Waals surface area (Å²) in [4.78, 5) is 11.9. The molecule has 1 amide bonds. The average molecular weight is 279 g/mol. The molecule has 5 heteroatoms. The number of halogens is 2. The van der Waals surface area contributed by atoms with Crippen LogP contribution in [0, 0.1) is 5.82 Å². The van der Waals surface area contributed by atoms with Crippen LogP contribution in [0.1, 0.15) is 15.9 Å². The molecule has 2 rings (SSSR count). The zero-order valence-electron chi connectivity index (χ0n) is 9.99. The van der Waals surface area contributed by atoms with E-state index in [9.17, 15) is 9.18 Å². The lowest BCUT2D eigenvalue weighted by molar-refractivity contribution is 0.102. The normalized spacial score (nSPS) is 10.3. The number of nitrogens with one attached hydrogen (secondary N) is 1. The molecular formula is C14H12ClFN2O. The highest BCUT2D eigenvalue weighted by Crippen LogP contribution is 2.19. The van der Waals surface area contributed by atoms with Crippen LogP contribution in [0.2, 0.25) is 5.02 Å². The van der Waals surface area contributed by atoms with E-state index >= 15 is 0 Å². The van der Waals surface area contributed by atoms with Gasteiger partial charge in [-0.05, 0) is 35.9 Å². The fourth-order valence-electron chi connectivity index (χ4n) is 1.58. The molecule has 0 aliphatic heterocycles. The van der Waals surface area contributed by atoms with Gasteiger partial charge in [-0.2, -0.15) is 0 Å². The van der Waals surface area contributed by atoms with Crippen LogP contribution in [-0.2, 0) is 6.54 Å². The van der Waals surface area contributed by atoms with E-state index in [4.69, 9.17) is 17.3 Å². The zero-order valence-corrected chi connectivity index (χ0v) is 10.7. The zero-order chi connectivity index (χ0) is 13.8. The number of nitrogens with two attached hydrogens (primary N) is 1. The molecule has 0 heterocycles. The Hall–Kier alpha value is -1.91. The van der Waals surface area contributed by atoms with Crippen molar-refractivity contribution < 1.29 is 9.18 Å². The minimum Gasteiger partial charge on any atom is -0.326 e. The lowest BCUT2D eigenvalue weighted by Crippen LogP contribution is -2.13. The van der Waals surface area contributed by atoms with Crippen LogP contribution in [0.4, 0.5) is 10.1 Å². The second-order valence-electron chi connectivity index (χ2n) is 3.98. The molecular weight excluding hydrogens is 267 g/mol.